The lowest BCUT2D eigenvalue weighted by Crippen LogP contribution is -2.20. The van der Waals surface area contributed by atoms with Crippen LogP contribution in [0.25, 0.3) is 10.8 Å². The minimum absolute atomic E-state index is 0.0207. The minimum Gasteiger partial charge on any atom is -0.464 e. The summed E-state index contributed by atoms with van der Waals surface area (Å²) in [5.74, 6) is -0.276. The van der Waals surface area contributed by atoms with Crippen LogP contribution in [0.2, 0.25) is 0 Å². The van der Waals surface area contributed by atoms with Crippen LogP contribution in [-0.4, -0.2) is 17.1 Å². The molecule has 0 radical (unpaired) electrons. The zero-order valence-electron chi connectivity index (χ0n) is 12.8. The Labute approximate surface area is 138 Å². The molecule has 5 heteroatoms. The van der Waals surface area contributed by atoms with Crippen molar-refractivity contribution in [2.45, 2.75) is 19.9 Å². The first kappa shape index (κ1) is 15.5. The summed E-state index contributed by atoms with van der Waals surface area (Å²) >= 11 is 1.16. The molecule has 0 aliphatic carbocycles. The summed E-state index contributed by atoms with van der Waals surface area (Å²) in [6, 6.07) is 13.9. The maximum Gasteiger partial charge on any atom is 0.310 e. The highest BCUT2D eigenvalue weighted by Crippen LogP contribution is 2.19. The SMILES string of the molecule is Cc1csc(=O)n1CCOC(=O)Cc1cccc2ccccc12. The summed E-state index contributed by atoms with van der Waals surface area (Å²) in [5, 5.41) is 3.98. The highest BCUT2D eigenvalue weighted by atomic mass is 32.1. The molecule has 0 amide bonds. The zero-order chi connectivity index (χ0) is 16.2. The van der Waals surface area contributed by atoms with Gasteiger partial charge in [-0.1, -0.05) is 53.8 Å². The van der Waals surface area contributed by atoms with Crippen molar-refractivity contribution in [3.63, 3.8) is 0 Å². The summed E-state index contributed by atoms with van der Waals surface area (Å²) in [6.07, 6.45) is 0.235. The fraction of sp³-hybridized carbons (Fsp3) is 0.222. The lowest BCUT2D eigenvalue weighted by molar-refractivity contribution is -0.143. The topological polar surface area (TPSA) is 48.3 Å². The maximum absolute atomic E-state index is 12.0. The van der Waals surface area contributed by atoms with Crippen LogP contribution in [0.5, 0.6) is 0 Å². The van der Waals surface area contributed by atoms with Gasteiger partial charge in [-0.3, -0.25) is 14.2 Å². The number of ether oxygens (including phenoxy) is 1. The molecule has 0 aliphatic heterocycles. The number of thiazole rings is 1. The molecular formula is C18H17NO3S. The molecule has 23 heavy (non-hydrogen) atoms. The van der Waals surface area contributed by atoms with E-state index in [0.717, 1.165) is 33.4 Å². The molecule has 0 unspecified atom stereocenters. The Hall–Kier alpha value is -2.40. The van der Waals surface area contributed by atoms with Crippen LogP contribution in [0, 0.1) is 6.92 Å². The van der Waals surface area contributed by atoms with Crippen LogP contribution in [0.4, 0.5) is 0 Å². The van der Waals surface area contributed by atoms with Crippen molar-refractivity contribution >= 4 is 28.1 Å². The van der Waals surface area contributed by atoms with Crippen LogP contribution < -0.4 is 4.87 Å². The quantitative estimate of drug-likeness (QED) is 0.676. The van der Waals surface area contributed by atoms with Gasteiger partial charge in [0.25, 0.3) is 0 Å². The van der Waals surface area contributed by atoms with Gasteiger partial charge >= 0.3 is 10.8 Å². The Balaban J connectivity index is 1.62. The summed E-state index contributed by atoms with van der Waals surface area (Å²) in [6.45, 7) is 2.48. The molecule has 0 spiro atoms. The molecule has 1 aromatic heterocycles. The average molecular weight is 327 g/mol. The number of fused-ring (bicyclic) bond motifs is 1. The Morgan fingerprint density at radius 2 is 1.96 bits per heavy atom. The van der Waals surface area contributed by atoms with Crippen molar-refractivity contribution < 1.29 is 9.53 Å². The normalized spacial score (nSPS) is 10.8. The molecule has 2 aromatic carbocycles. The van der Waals surface area contributed by atoms with Gasteiger partial charge in [0, 0.05) is 11.1 Å². The van der Waals surface area contributed by atoms with E-state index in [4.69, 9.17) is 4.74 Å². The Kier molecular flexibility index (Phi) is 4.57. The summed E-state index contributed by atoms with van der Waals surface area (Å²) in [7, 11) is 0. The number of esters is 1. The van der Waals surface area contributed by atoms with Crippen molar-refractivity contribution in [1.82, 2.24) is 4.57 Å². The minimum atomic E-state index is -0.276. The molecule has 0 saturated carbocycles. The van der Waals surface area contributed by atoms with Crippen LogP contribution in [0.1, 0.15) is 11.3 Å². The third-order valence-electron chi connectivity index (χ3n) is 3.77. The molecule has 0 atom stereocenters. The van der Waals surface area contributed by atoms with Crippen LogP contribution in [0.15, 0.2) is 52.6 Å². The molecule has 0 aliphatic rings. The number of rotatable bonds is 5. The van der Waals surface area contributed by atoms with E-state index in [2.05, 4.69) is 0 Å². The van der Waals surface area contributed by atoms with Crippen molar-refractivity contribution in [2.24, 2.45) is 0 Å². The van der Waals surface area contributed by atoms with Crippen LogP contribution >= 0.6 is 11.3 Å². The van der Waals surface area contributed by atoms with E-state index < -0.39 is 0 Å². The van der Waals surface area contributed by atoms with Gasteiger partial charge in [-0.2, -0.15) is 0 Å². The molecule has 0 N–H and O–H groups in total. The third kappa shape index (κ3) is 3.51. The highest BCUT2D eigenvalue weighted by molar-refractivity contribution is 7.07. The first-order chi connectivity index (χ1) is 11.1. The van der Waals surface area contributed by atoms with Crippen molar-refractivity contribution in [2.75, 3.05) is 6.61 Å². The number of nitrogens with zero attached hydrogens (tertiary/aromatic N) is 1. The molecule has 0 bridgehead atoms. The summed E-state index contributed by atoms with van der Waals surface area (Å²) in [5.41, 5.74) is 1.85. The second-order valence-electron chi connectivity index (χ2n) is 5.33. The van der Waals surface area contributed by atoms with Gasteiger partial charge in [0.2, 0.25) is 0 Å². The lowest BCUT2D eigenvalue weighted by Gasteiger charge is -2.08. The number of carbonyl (C=O) groups excluding carboxylic acids is 1. The van der Waals surface area contributed by atoms with Gasteiger partial charge in [-0.05, 0) is 23.3 Å². The monoisotopic (exact) mass is 327 g/mol. The number of benzene rings is 2. The smallest absolute Gasteiger partial charge is 0.310 e. The van der Waals surface area contributed by atoms with Gasteiger partial charge in [-0.25, -0.2) is 0 Å². The van der Waals surface area contributed by atoms with E-state index in [9.17, 15) is 9.59 Å². The van der Waals surface area contributed by atoms with Crippen LogP contribution in [0.3, 0.4) is 0 Å². The van der Waals surface area contributed by atoms with E-state index in [1.165, 1.54) is 0 Å². The summed E-state index contributed by atoms with van der Waals surface area (Å²) < 4.78 is 6.91. The second kappa shape index (κ2) is 6.79. The fourth-order valence-electron chi connectivity index (χ4n) is 2.58. The standard InChI is InChI=1S/C18H17NO3S/c1-13-12-23-18(21)19(13)9-10-22-17(20)11-15-7-4-6-14-5-2-3-8-16(14)15/h2-8,12H,9-11H2,1H3. The van der Waals surface area contributed by atoms with E-state index >= 15 is 0 Å². The number of hydrogen-bond donors (Lipinski definition) is 0. The molecule has 0 saturated heterocycles. The van der Waals surface area contributed by atoms with Gasteiger partial charge in [0.15, 0.2) is 0 Å². The van der Waals surface area contributed by atoms with Crippen molar-refractivity contribution in [3.05, 3.63) is 68.8 Å². The van der Waals surface area contributed by atoms with Gasteiger partial charge < -0.3 is 4.74 Å². The van der Waals surface area contributed by atoms with Crippen molar-refractivity contribution in [1.29, 1.82) is 0 Å². The summed E-state index contributed by atoms with van der Waals surface area (Å²) in [4.78, 5) is 23.6. The number of aryl methyl sites for hydroxylation is 1. The molecule has 3 aromatic rings. The average Bonchev–Trinajstić information content (AvgIpc) is 2.87. The number of aromatic nitrogens is 1. The highest BCUT2D eigenvalue weighted by Gasteiger charge is 2.09. The van der Waals surface area contributed by atoms with Crippen molar-refractivity contribution in [3.8, 4) is 0 Å². The van der Waals surface area contributed by atoms with Gasteiger partial charge in [-0.15, -0.1) is 0 Å². The Morgan fingerprint density at radius 3 is 2.74 bits per heavy atom. The van der Waals surface area contributed by atoms with E-state index in [0.29, 0.717) is 6.54 Å². The zero-order valence-corrected chi connectivity index (χ0v) is 13.6. The first-order valence-electron chi connectivity index (χ1n) is 7.42. The van der Waals surface area contributed by atoms with E-state index in [1.807, 2.05) is 49.4 Å². The van der Waals surface area contributed by atoms with Gasteiger partial charge in [0.05, 0.1) is 13.0 Å². The predicted molar refractivity (Wildman–Crippen MR) is 91.9 cm³/mol. The first-order valence-corrected chi connectivity index (χ1v) is 8.30. The Morgan fingerprint density at radius 1 is 1.17 bits per heavy atom. The predicted octanol–water partition coefficient (Wildman–Crippen LogP) is 3.16. The third-order valence-corrected chi connectivity index (χ3v) is 4.65. The molecular weight excluding hydrogens is 310 g/mol. The maximum atomic E-state index is 12.0. The molecule has 118 valence electrons. The van der Waals surface area contributed by atoms with Crippen LogP contribution in [-0.2, 0) is 22.5 Å². The fourth-order valence-corrected chi connectivity index (χ4v) is 3.34. The number of hydrogen-bond acceptors (Lipinski definition) is 4. The second-order valence-corrected chi connectivity index (χ2v) is 6.15. The van der Waals surface area contributed by atoms with E-state index in [1.54, 1.807) is 9.95 Å². The number of carbonyl (C=O) groups is 1. The molecule has 1 heterocycles. The largest absolute Gasteiger partial charge is 0.464 e. The van der Waals surface area contributed by atoms with Gasteiger partial charge in [0.1, 0.15) is 6.61 Å². The molecule has 0 fully saturated rings. The molecule has 3 rings (SSSR count). The lowest BCUT2D eigenvalue weighted by atomic mass is 10.0. The van der Waals surface area contributed by atoms with E-state index in [-0.39, 0.29) is 23.9 Å². The molecule has 4 nitrogen and oxygen atoms in total. The Bertz CT molecular complexity index is 889.